The predicted octanol–water partition coefficient (Wildman–Crippen LogP) is 12.3. The van der Waals surface area contributed by atoms with Crippen LogP contribution in [0.5, 0.6) is 17.2 Å². The van der Waals surface area contributed by atoms with Gasteiger partial charge in [-0.25, -0.2) is 4.39 Å². The van der Waals surface area contributed by atoms with E-state index in [0.29, 0.717) is 35.8 Å². The lowest BCUT2D eigenvalue weighted by molar-refractivity contribution is 0.0519. The number of benzene rings is 3. The number of hydrogen-bond acceptors (Lipinski definition) is 5. The summed E-state index contributed by atoms with van der Waals surface area (Å²) in [6, 6.07) is 15.8. The van der Waals surface area contributed by atoms with Gasteiger partial charge in [0.2, 0.25) is 0 Å². The number of nitrogens with zero attached hydrogens (tertiary/aromatic N) is 1. The Morgan fingerprint density at radius 1 is 0.673 bits per heavy atom. The second-order valence-corrected chi connectivity index (χ2v) is 16.6. The molecule has 288 valence electrons. The maximum atomic E-state index is 14.4. The Morgan fingerprint density at radius 3 is 1.56 bits per heavy atom. The summed E-state index contributed by atoms with van der Waals surface area (Å²) in [5.74, 6) is 0.00115. The van der Waals surface area contributed by atoms with Crippen LogP contribution in [0.1, 0.15) is 167 Å². The van der Waals surface area contributed by atoms with Gasteiger partial charge in [-0.2, -0.15) is 0 Å². The van der Waals surface area contributed by atoms with E-state index in [4.69, 9.17) is 14.5 Å². The second-order valence-electron chi connectivity index (χ2n) is 16.6. The number of aromatic hydroxyl groups is 1. The van der Waals surface area contributed by atoms with Crippen LogP contribution in [0.2, 0.25) is 0 Å². The summed E-state index contributed by atoms with van der Waals surface area (Å²) >= 11 is 0. The zero-order chi connectivity index (χ0) is 38.4. The van der Waals surface area contributed by atoms with Crippen LogP contribution in [0, 0.1) is 5.82 Å². The molecule has 6 heteroatoms. The van der Waals surface area contributed by atoms with Gasteiger partial charge in [0.25, 0.3) is 0 Å². The Hall–Kier alpha value is -3.38. The van der Waals surface area contributed by atoms with Crippen molar-refractivity contribution in [1.29, 1.82) is 0 Å². The molecule has 3 aromatic rings. The Morgan fingerprint density at radius 2 is 1.12 bits per heavy atom. The van der Waals surface area contributed by atoms with Gasteiger partial charge >= 0.3 is 0 Å². The van der Waals surface area contributed by atoms with Crippen molar-refractivity contribution in [1.82, 2.24) is 0 Å². The monoisotopic (exact) mass is 718 g/mol. The molecule has 0 aliphatic heterocycles. The van der Waals surface area contributed by atoms with Crippen LogP contribution >= 0.6 is 0 Å². The standard InChI is InChI=1S/C46H68FNO4/c1-10-12-14-16-18-20-29-51-41-27-25-36(44(4,5)6)31-38(41)46(50,34(3)48-33-35-23-22-24-40(47)43(35)49)39-32-37(45(7,8)9)26-28-42(39)52-30-21-19-17-15-13-11-2/h22-28,31-34,49-50H,10-21,29-30H2,1-9H3/t34-/m1/s1. The number of rotatable bonds is 21. The van der Waals surface area contributed by atoms with Crippen LogP contribution in [0.15, 0.2) is 59.6 Å². The molecule has 0 aliphatic rings. The maximum Gasteiger partial charge on any atom is 0.165 e. The highest BCUT2D eigenvalue weighted by atomic mass is 19.1. The third-order valence-electron chi connectivity index (χ3n) is 10.1. The highest BCUT2D eigenvalue weighted by Gasteiger charge is 2.43. The number of aliphatic imine (C=N–C) groups is 1. The average molecular weight is 718 g/mol. The molecule has 0 saturated heterocycles. The zero-order valence-electron chi connectivity index (χ0n) is 33.8. The molecule has 0 unspecified atom stereocenters. The van der Waals surface area contributed by atoms with Crippen molar-refractivity contribution in [3.8, 4) is 17.2 Å². The predicted molar refractivity (Wildman–Crippen MR) is 216 cm³/mol. The third-order valence-corrected chi connectivity index (χ3v) is 10.1. The van der Waals surface area contributed by atoms with E-state index >= 15 is 0 Å². The van der Waals surface area contributed by atoms with Crippen LogP contribution in [0.3, 0.4) is 0 Å². The van der Waals surface area contributed by atoms with Crippen molar-refractivity contribution in [3.05, 3.63) is 88.2 Å². The molecule has 3 rings (SSSR count). The molecule has 0 aromatic heterocycles. The zero-order valence-corrected chi connectivity index (χ0v) is 33.8. The van der Waals surface area contributed by atoms with Gasteiger partial charge in [0.15, 0.2) is 11.6 Å². The Balaban J connectivity index is 2.22. The summed E-state index contributed by atoms with van der Waals surface area (Å²) in [5, 5.41) is 24.1. The number of unbranched alkanes of at least 4 members (excludes halogenated alkanes) is 10. The molecule has 0 heterocycles. The van der Waals surface area contributed by atoms with E-state index < -0.39 is 23.2 Å². The first-order valence-electron chi connectivity index (χ1n) is 19.9. The molecular weight excluding hydrogens is 650 g/mol. The van der Waals surface area contributed by atoms with Gasteiger partial charge in [0.05, 0.1) is 19.3 Å². The quantitative estimate of drug-likeness (QED) is 0.0850. The SMILES string of the molecule is CCCCCCCCOc1ccc(C(C)(C)C)cc1C(O)(c1cc(C(C)(C)C)ccc1OCCCCCCCC)[C@@H](C)N=Cc1cccc(F)c1O. The largest absolute Gasteiger partial charge is 0.504 e. The number of ether oxygens (including phenoxy) is 2. The summed E-state index contributed by atoms with van der Waals surface area (Å²) in [6.07, 6.45) is 15.2. The van der Waals surface area contributed by atoms with Crippen LogP contribution in [-0.4, -0.2) is 35.7 Å². The highest BCUT2D eigenvalue weighted by molar-refractivity contribution is 5.83. The number of hydrogen-bond donors (Lipinski definition) is 2. The Bertz CT molecular complexity index is 1470. The second kappa shape index (κ2) is 20.2. The number of phenols is 1. The topological polar surface area (TPSA) is 71.3 Å². The van der Waals surface area contributed by atoms with Crippen molar-refractivity contribution in [2.24, 2.45) is 4.99 Å². The molecule has 0 aliphatic carbocycles. The van der Waals surface area contributed by atoms with E-state index in [1.54, 1.807) is 6.07 Å². The molecule has 5 nitrogen and oxygen atoms in total. The van der Waals surface area contributed by atoms with Gasteiger partial charge in [0.1, 0.15) is 17.1 Å². The number of para-hydroxylation sites is 1. The van der Waals surface area contributed by atoms with E-state index in [-0.39, 0.29) is 16.4 Å². The van der Waals surface area contributed by atoms with Crippen molar-refractivity contribution < 1.29 is 24.1 Å². The summed E-state index contributed by atoms with van der Waals surface area (Å²) in [4.78, 5) is 4.85. The molecule has 0 saturated carbocycles. The fourth-order valence-electron chi connectivity index (χ4n) is 6.50. The van der Waals surface area contributed by atoms with E-state index in [2.05, 4.69) is 79.7 Å². The molecular formula is C46H68FNO4. The third kappa shape index (κ3) is 12.1. The molecule has 3 aromatic carbocycles. The van der Waals surface area contributed by atoms with Gasteiger partial charge in [-0.05, 0) is 78.1 Å². The summed E-state index contributed by atoms with van der Waals surface area (Å²) in [6.45, 7) is 20.3. The van der Waals surface area contributed by atoms with Crippen LogP contribution in [0.25, 0.3) is 0 Å². The number of phenolic OH excluding ortho intramolecular Hbond substituents is 1. The summed E-state index contributed by atoms with van der Waals surface area (Å²) < 4.78 is 27.5. The van der Waals surface area contributed by atoms with E-state index in [1.807, 2.05) is 19.1 Å². The summed E-state index contributed by atoms with van der Waals surface area (Å²) in [7, 11) is 0. The van der Waals surface area contributed by atoms with Gasteiger partial charge in [-0.3, -0.25) is 4.99 Å². The normalized spacial score (nSPS) is 13.1. The molecule has 1 atom stereocenters. The lowest BCUT2D eigenvalue weighted by atomic mass is 9.75. The van der Waals surface area contributed by atoms with E-state index in [9.17, 15) is 14.6 Å². The molecule has 0 radical (unpaired) electrons. The van der Waals surface area contributed by atoms with Crippen molar-refractivity contribution in [2.45, 2.75) is 162 Å². The van der Waals surface area contributed by atoms with Gasteiger partial charge in [-0.1, -0.05) is 138 Å². The van der Waals surface area contributed by atoms with E-state index in [0.717, 1.165) is 36.8 Å². The Kier molecular flexibility index (Phi) is 16.7. The molecule has 0 amide bonds. The molecule has 0 fully saturated rings. The minimum atomic E-state index is -1.73. The van der Waals surface area contributed by atoms with Crippen molar-refractivity contribution in [2.75, 3.05) is 13.2 Å². The van der Waals surface area contributed by atoms with Crippen molar-refractivity contribution >= 4 is 6.21 Å². The van der Waals surface area contributed by atoms with Crippen LogP contribution in [-0.2, 0) is 16.4 Å². The minimum absolute atomic E-state index is 0.211. The first-order chi connectivity index (χ1) is 24.6. The lowest BCUT2D eigenvalue weighted by Crippen LogP contribution is -2.39. The molecule has 0 spiro atoms. The smallest absolute Gasteiger partial charge is 0.165 e. The first kappa shape index (κ1) is 43.0. The summed E-state index contributed by atoms with van der Waals surface area (Å²) in [5.41, 5.74) is 1.40. The average Bonchev–Trinajstić information content (AvgIpc) is 3.10. The maximum absolute atomic E-state index is 14.4. The van der Waals surface area contributed by atoms with Gasteiger partial charge in [0, 0.05) is 22.9 Å². The number of halogens is 1. The van der Waals surface area contributed by atoms with Gasteiger partial charge < -0.3 is 19.7 Å². The fraction of sp³-hybridized carbons (Fsp3) is 0.587. The van der Waals surface area contributed by atoms with Crippen LogP contribution < -0.4 is 9.47 Å². The van der Waals surface area contributed by atoms with Crippen LogP contribution in [0.4, 0.5) is 4.39 Å². The molecule has 0 bridgehead atoms. The highest BCUT2D eigenvalue weighted by Crippen LogP contribution is 2.46. The van der Waals surface area contributed by atoms with Crippen molar-refractivity contribution in [3.63, 3.8) is 0 Å². The van der Waals surface area contributed by atoms with Gasteiger partial charge in [-0.15, -0.1) is 0 Å². The minimum Gasteiger partial charge on any atom is -0.504 e. The number of aliphatic hydroxyl groups is 1. The Labute approximate surface area is 315 Å². The fourth-order valence-corrected chi connectivity index (χ4v) is 6.50. The lowest BCUT2D eigenvalue weighted by Gasteiger charge is -2.37. The molecule has 2 N–H and O–H groups in total. The molecule has 52 heavy (non-hydrogen) atoms. The van der Waals surface area contributed by atoms with E-state index in [1.165, 1.54) is 69.7 Å². The first-order valence-corrected chi connectivity index (χ1v) is 19.9.